The highest BCUT2D eigenvalue weighted by atomic mass is 35.5. The molecule has 0 aliphatic carbocycles. The summed E-state index contributed by atoms with van der Waals surface area (Å²) >= 11 is 5.79. The third-order valence-electron chi connectivity index (χ3n) is 2.40. The predicted octanol–water partition coefficient (Wildman–Crippen LogP) is 2.67. The molecule has 0 radical (unpaired) electrons. The molecule has 0 saturated carbocycles. The molecule has 2 rings (SSSR count). The molecule has 0 saturated heterocycles. The van der Waals surface area contributed by atoms with Gasteiger partial charge in [0.15, 0.2) is 6.20 Å². The van der Waals surface area contributed by atoms with Crippen LogP contribution >= 0.6 is 11.6 Å². The molecule has 0 spiro atoms. The Bertz CT molecular complexity index is 540. The van der Waals surface area contributed by atoms with Gasteiger partial charge in [-0.15, -0.1) is 0 Å². The second-order valence-corrected chi connectivity index (χ2v) is 4.13. The first-order valence-electron chi connectivity index (χ1n) is 5.29. The summed E-state index contributed by atoms with van der Waals surface area (Å²) in [5.41, 5.74) is 1.11. The van der Waals surface area contributed by atoms with E-state index in [9.17, 15) is 10.1 Å². The lowest BCUT2D eigenvalue weighted by Gasteiger charge is -1.99. The first-order chi connectivity index (χ1) is 8.65. The highest BCUT2D eigenvalue weighted by Gasteiger charge is 2.08. The summed E-state index contributed by atoms with van der Waals surface area (Å²) < 4.78 is 0. The van der Waals surface area contributed by atoms with Crippen molar-refractivity contribution in [1.82, 2.24) is 0 Å². The van der Waals surface area contributed by atoms with Gasteiger partial charge in [0, 0.05) is 17.2 Å². The van der Waals surface area contributed by atoms with Crippen molar-refractivity contribution < 1.29 is 9.91 Å². The topological polar surface area (TPSA) is 69.3 Å². The van der Waals surface area contributed by atoms with E-state index in [0.717, 1.165) is 11.4 Å². The molecule has 1 heterocycles. The van der Waals surface area contributed by atoms with E-state index < -0.39 is 4.92 Å². The van der Waals surface area contributed by atoms with Gasteiger partial charge in [0.1, 0.15) is 6.54 Å². The highest BCUT2D eigenvalue weighted by Crippen LogP contribution is 2.12. The van der Waals surface area contributed by atoms with E-state index in [1.54, 1.807) is 6.07 Å². The van der Waals surface area contributed by atoms with Gasteiger partial charge < -0.3 is 0 Å². The summed E-state index contributed by atoms with van der Waals surface area (Å²) in [6, 6.07) is 10.5. The fraction of sp³-hybridized carbons (Fsp3) is 0.0833. The molecule has 2 N–H and O–H groups in total. The first kappa shape index (κ1) is 12.3. The lowest BCUT2D eigenvalue weighted by Crippen LogP contribution is -2.13. The van der Waals surface area contributed by atoms with Crippen molar-refractivity contribution in [2.45, 2.75) is 6.54 Å². The molecule has 0 bridgehead atoms. The minimum Gasteiger partial charge on any atom is -0.270 e. The average Bonchev–Trinajstić information content (AvgIpc) is 2.38. The SMILES string of the molecule is O=[N+]([O-])c1ccc(NCc2ccc(Cl)cc2)[nH+]c1. The zero-order chi connectivity index (χ0) is 13.0. The molecular formula is C12H11ClN3O2+. The molecule has 0 atom stereocenters. The van der Waals surface area contributed by atoms with E-state index in [1.807, 2.05) is 24.3 Å². The molecule has 1 aromatic heterocycles. The maximum atomic E-state index is 10.5. The number of H-pyrrole nitrogens is 1. The summed E-state index contributed by atoms with van der Waals surface area (Å²) in [5, 5.41) is 14.3. The number of nitrogens with zero attached hydrogens (tertiary/aromatic N) is 1. The normalized spacial score (nSPS) is 10.1. The number of aromatic nitrogens is 1. The van der Waals surface area contributed by atoms with E-state index in [-0.39, 0.29) is 5.69 Å². The van der Waals surface area contributed by atoms with Crippen LogP contribution in [0.4, 0.5) is 11.5 Å². The lowest BCUT2D eigenvalue weighted by molar-refractivity contribution is -0.413. The van der Waals surface area contributed by atoms with Crippen molar-refractivity contribution in [3.05, 3.63) is 63.3 Å². The molecule has 18 heavy (non-hydrogen) atoms. The van der Waals surface area contributed by atoms with Crippen molar-refractivity contribution in [3.8, 4) is 0 Å². The Morgan fingerprint density at radius 3 is 2.50 bits per heavy atom. The van der Waals surface area contributed by atoms with Crippen molar-refractivity contribution >= 4 is 23.1 Å². The average molecular weight is 265 g/mol. The Kier molecular flexibility index (Phi) is 3.74. The van der Waals surface area contributed by atoms with Gasteiger partial charge in [-0.1, -0.05) is 23.7 Å². The van der Waals surface area contributed by atoms with Crippen LogP contribution in [-0.4, -0.2) is 4.92 Å². The fourth-order valence-corrected chi connectivity index (χ4v) is 1.57. The van der Waals surface area contributed by atoms with Crippen LogP contribution in [0, 0.1) is 10.1 Å². The molecule has 92 valence electrons. The number of nitro groups is 1. The van der Waals surface area contributed by atoms with Gasteiger partial charge in [-0.05, 0) is 17.7 Å². The number of halogens is 1. The number of hydrogen-bond acceptors (Lipinski definition) is 3. The lowest BCUT2D eigenvalue weighted by atomic mass is 10.2. The molecule has 1 aromatic carbocycles. The predicted molar refractivity (Wildman–Crippen MR) is 68.4 cm³/mol. The monoisotopic (exact) mass is 264 g/mol. The zero-order valence-electron chi connectivity index (χ0n) is 9.39. The van der Waals surface area contributed by atoms with Crippen molar-refractivity contribution in [1.29, 1.82) is 0 Å². The molecule has 0 aliphatic heterocycles. The van der Waals surface area contributed by atoms with E-state index >= 15 is 0 Å². The minimum atomic E-state index is -0.445. The summed E-state index contributed by atoms with van der Waals surface area (Å²) in [6.07, 6.45) is 1.35. The first-order valence-corrected chi connectivity index (χ1v) is 5.67. The molecule has 0 fully saturated rings. The second-order valence-electron chi connectivity index (χ2n) is 3.70. The van der Waals surface area contributed by atoms with Crippen LogP contribution in [0.15, 0.2) is 42.6 Å². The molecule has 0 aliphatic rings. The maximum Gasteiger partial charge on any atom is 0.308 e. The Morgan fingerprint density at radius 2 is 1.94 bits per heavy atom. The highest BCUT2D eigenvalue weighted by molar-refractivity contribution is 6.30. The van der Waals surface area contributed by atoms with Gasteiger partial charge >= 0.3 is 5.69 Å². The summed E-state index contributed by atoms with van der Waals surface area (Å²) in [6.45, 7) is 0.617. The van der Waals surface area contributed by atoms with Crippen molar-refractivity contribution in [2.24, 2.45) is 0 Å². The Hall–Kier alpha value is -2.14. The number of pyridine rings is 1. The van der Waals surface area contributed by atoms with Crippen LogP contribution in [0.5, 0.6) is 0 Å². The van der Waals surface area contributed by atoms with Crippen molar-refractivity contribution in [2.75, 3.05) is 5.32 Å². The van der Waals surface area contributed by atoms with Crippen molar-refractivity contribution in [3.63, 3.8) is 0 Å². The second kappa shape index (κ2) is 5.46. The third-order valence-corrected chi connectivity index (χ3v) is 2.66. The number of aromatic amines is 1. The largest absolute Gasteiger partial charge is 0.308 e. The van der Waals surface area contributed by atoms with E-state index in [4.69, 9.17) is 11.6 Å². The Labute approximate surface area is 109 Å². The van der Waals surface area contributed by atoms with Gasteiger partial charge in [-0.3, -0.25) is 15.4 Å². The number of nitrogens with one attached hydrogen (secondary N) is 2. The van der Waals surface area contributed by atoms with Gasteiger partial charge in [0.25, 0.3) is 5.82 Å². The van der Waals surface area contributed by atoms with Crippen LogP contribution < -0.4 is 10.3 Å². The van der Waals surface area contributed by atoms with E-state index in [1.165, 1.54) is 12.3 Å². The fourth-order valence-electron chi connectivity index (χ4n) is 1.44. The molecule has 2 aromatic rings. The van der Waals surface area contributed by atoms with Crippen LogP contribution in [0.3, 0.4) is 0 Å². The standard InChI is InChI=1S/C12H10ClN3O2/c13-10-3-1-9(2-4-10)7-14-12-6-5-11(8-15-12)16(17)18/h1-6,8H,7H2,(H,14,15)/p+1. The minimum absolute atomic E-state index is 0.0343. The van der Waals surface area contributed by atoms with Gasteiger partial charge in [-0.2, -0.15) is 0 Å². The summed E-state index contributed by atoms with van der Waals surface area (Å²) in [4.78, 5) is 12.9. The third kappa shape index (κ3) is 3.18. The molecule has 5 nitrogen and oxygen atoms in total. The van der Waals surface area contributed by atoms with E-state index in [0.29, 0.717) is 11.6 Å². The molecule has 0 amide bonds. The number of benzene rings is 1. The smallest absolute Gasteiger partial charge is 0.270 e. The zero-order valence-corrected chi connectivity index (χ0v) is 10.1. The molecular weight excluding hydrogens is 254 g/mol. The van der Waals surface area contributed by atoms with Gasteiger partial charge in [0.2, 0.25) is 0 Å². The maximum absolute atomic E-state index is 10.5. The number of anilines is 1. The van der Waals surface area contributed by atoms with Gasteiger partial charge in [0.05, 0.1) is 4.92 Å². The van der Waals surface area contributed by atoms with Crippen LogP contribution in [0.25, 0.3) is 0 Å². The van der Waals surface area contributed by atoms with E-state index in [2.05, 4.69) is 10.3 Å². The quantitative estimate of drug-likeness (QED) is 0.682. The van der Waals surface area contributed by atoms with Crippen LogP contribution in [0.2, 0.25) is 5.02 Å². The number of hydrogen-bond donors (Lipinski definition) is 1. The van der Waals surface area contributed by atoms with Crippen LogP contribution in [-0.2, 0) is 6.54 Å². The number of rotatable bonds is 4. The molecule has 0 unspecified atom stereocenters. The summed E-state index contributed by atoms with van der Waals surface area (Å²) in [7, 11) is 0. The Balaban J connectivity index is 1.97. The Morgan fingerprint density at radius 1 is 1.22 bits per heavy atom. The summed E-state index contributed by atoms with van der Waals surface area (Å²) in [5.74, 6) is 0.718. The van der Waals surface area contributed by atoms with Crippen LogP contribution in [0.1, 0.15) is 5.56 Å². The molecule has 6 heteroatoms. The van der Waals surface area contributed by atoms with Gasteiger partial charge in [-0.25, -0.2) is 4.98 Å².